The Kier molecular flexibility index (Phi) is 6.10. The maximum Gasteiger partial charge on any atom is 0.224 e. The number of fused-ring (bicyclic) bond motifs is 1. The molecule has 2 aromatic heterocycles. The van der Waals surface area contributed by atoms with Gasteiger partial charge < -0.3 is 19.8 Å². The van der Waals surface area contributed by atoms with Gasteiger partial charge in [-0.25, -0.2) is 4.98 Å². The molecule has 1 aliphatic rings. The van der Waals surface area contributed by atoms with Crippen LogP contribution in [0, 0.1) is 11.8 Å². The van der Waals surface area contributed by atoms with E-state index >= 15 is 0 Å². The lowest BCUT2D eigenvalue weighted by Crippen LogP contribution is -2.34. The zero-order valence-electron chi connectivity index (χ0n) is 16.8. The fraction of sp³-hybridized carbons (Fsp3) is 0.391. The van der Waals surface area contributed by atoms with Gasteiger partial charge in [-0.15, -0.1) is 0 Å². The lowest BCUT2D eigenvalue weighted by atomic mass is 9.85. The van der Waals surface area contributed by atoms with Gasteiger partial charge in [0, 0.05) is 24.5 Å². The predicted molar refractivity (Wildman–Crippen MR) is 114 cm³/mol. The van der Waals surface area contributed by atoms with Gasteiger partial charge in [0.1, 0.15) is 18.0 Å². The van der Waals surface area contributed by atoms with Gasteiger partial charge in [-0.05, 0) is 74.2 Å². The van der Waals surface area contributed by atoms with E-state index in [1.54, 1.807) is 0 Å². The fourth-order valence-electron chi connectivity index (χ4n) is 3.88. The molecule has 29 heavy (non-hydrogen) atoms. The van der Waals surface area contributed by atoms with Crippen LogP contribution in [0.15, 0.2) is 54.9 Å². The number of carbonyl (C=O) groups excluding carboxylic acids is 1. The molecule has 1 aliphatic heterocycles. The van der Waals surface area contributed by atoms with Gasteiger partial charge in [0.15, 0.2) is 0 Å². The fourth-order valence-corrected chi connectivity index (χ4v) is 3.88. The van der Waals surface area contributed by atoms with Crippen LogP contribution in [0.25, 0.3) is 5.65 Å². The first-order valence-electron chi connectivity index (χ1n) is 10.3. The topological polar surface area (TPSA) is 67.7 Å². The standard InChI is InChI=1S/C23H28N4O2/c1-17(18-5-4-11-24-14-18)13-23(28)26-19-7-9-21(10-8-19)29-16-20-15-27-12-3-2-6-22(27)25-20/h2-3,6-10,12,15,17-18,24H,4-5,11,13-14,16H2,1H3,(H,26,28). The average molecular weight is 393 g/mol. The third-order valence-electron chi connectivity index (χ3n) is 5.59. The highest BCUT2D eigenvalue weighted by Crippen LogP contribution is 2.23. The number of hydrogen-bond donors (Lipinski definition) is 2. The minimum atomic E-state index is 0.0708. The third-order valence-corrected chi connectivity index (χ3v) is 5.59. The molecular weight excluding hydrogens is 364 g/mol. The van der Waals surface area contributed by atoms with Crippen LogP contribution in [0.2, 0.25) is 0 Å². The van der Waals surface area contributed by atoms with E-state index in [0.717, 1.165) is 35.9 Å². The summed E-state index contributed by atoms with van der Waals surface area (Å²) in [6, 6.07) is 13.4. The molecule has 2 N–H and O–H groups in total. The van der Waals surface area contributed by atoms with Gasteiger partial charge in [-0.1, -0.05) is 13.0 Å². The summed E-state index contributed by atoms with van der Waals surface area (Å²) < 4.78 is 7.80. The number of aromatic nitrogens is 2. The van der Waals surface area contributed by atoms with Crippen LogP contribution in [-0.2, 0) is 11.4 Å². The van der Waals surface area contributed by atoms with Gasteiger partial charge in [-0.3, -0.25) is 4.79 Å². The van der Waals surface area contributed by atoms with E-state index in [9.17, 15) is 4.79 Å². The van der Waals surface area contributed by atoms with Crippen LogP contribution >= 0.6 is 0 Å². The first-order valence-corrected chi connectivity index (χ1v) is 10.3. The molecular formula is C23H28N4O2. The summed E-state index contributed by atoms with van der Waals surface area (Å²) in [7, 11) is 0. The number of nitrogens with zero attached hydrogens (tertiary/aromatic N) is 2. The average Bonchev–Trinajstić information content (AvgIpc) is 3.17. The monoisotopic (exact) mass is 392 g/mol. The summed E-state index contributed by atoms with van der Waals surface area (Å²) in [6.07, 6.45) is 6.90. The Balaban J connectivity index is 1.26. The predicted octanol–water partition coefficient (Wildman–Crippen LogP) is 3.88. The molecule has 1 saturated heterocycles. The number of ether oxygens (including phenoxy) is 1. The van der Waals surface area contributed by atoms with E-state index in [1.807, 2.05) is 59.3 Å². The molecule has 1 amide bonds. The van der Waals surface area contributed by atoms with E-state index in [0.29, 0.717) is 24.9 Å². The van der Waals surface area contributed by atoms with E-state index in [2.05, 4.69) is 22.5 Å². The first-order chi connectivity index (χ1) is 14.2. The van der Waals surface area contributed by atoms with Crippen LogP contribution < -0.4 is 15.4 Å². The number of rotatable bonds is 7. The van der Waals surface area contributed by atoms with Crippen LogP contribution in [0.4, 0.5) is 5.69 Å². The van der Waals surface area contributed by atoms with E-state index in [-0.39, 0.29) is 5.91 Å². The molecule has 1 fully saturated rings. The summed E-state index contributed by atoms with van der Waals surface area (Å²) >= 11 is 0. The number of pyridine rings is 1. The molecule has 2 unspecified atom stereocenters. The molecule has 2 atom stereocenters. The Bertz CT molecular complexity index is 912. The highest BCUT2D eigenvalue weighted by Gasteiger charge is 2.22. The molecule has 6 nitrogen and oxygen atoms in total. The summed E-state index contributed by atoms with van der Waals surface area (Å²) in [5.41, 5.74) is 2.58. The first kappa shape index (κ1) is 19.5. The second-order valence-electron chi connectivity index (χ2n) is 7.85. The number of piperidine rings is 1. The highest BCUT2D eigenvalue weighted by atomic mass is 16.5. The lowest BCUT2D eigenvalue weighted by Gasteiger charge is -2.28. The van der Waals surface area contributed by atoms with Crippen molar-refractivity contribution in [3.8, 4) is 5.75 Å². The number of amides is 1. The molecule has 152 valence electrons. The molecule has 4 rings (SSSR count). The van der Waals surface area contributed by atoms with Crippen molar-refractivity contribution < 1.29 is 9.53 Å². The summed E-state index contributed by atoms with van der Waals surface area (Å²) in [6.45, 7) is 4.70. The van der Waals surface area contributed by atoms with Gasteiger partial charge >= 0.3 is 0 Å². The normalized spacial score (nSPS) is 17.8. The second-order valence-corrected chi connectivity index (χ2v) is 7.85. The minimum Gasteiger partial charge on any atom is -0.487 e. The van der Waals surface area contributed by atoms with Crippen molar-refractivity contribution in [2.24, 2.45) is 11.8 Å². The Morgan fingerprint density at radius 1 is 1.31 bits per heavy atom. The number of anilines is 1. The zero-order chi connectivity index (χ0) is 20.1. The van der Waals surface area contributed by atoms with Crippen molar-refractivity contribution in [2.45, 2.75) is 32.8 Å². The maximum absolute atomic E-state index is 12.4. The summed E-state index contributed by atoms with van der Waals surface area (Å²) in [5, 5.41) is 6.42. The highest BCUT2D eigenvalue weighted by molar-refractivity contribution is 5.90. The Labute approximate surface area is 171 Å². The summed E-state index contributed by atoms with van der Waals surface area (Å²) in [5.74, 6) is 1.80. The van der Waals surface area contributed by atoms with Crippen molar-refractivity contribution in [1.82, 2.24) is 14.7 Å². The quantitative estimate of drug-likeness (QED) is 0.640. The van der Waals surface area contributed by atoms with Crippen LogP contribution in [0.5, 0.6) is 5.75 Å². The van der Waals surface area contributed by atoms with E-state index < -0.39 is 0 Å². The molecule has 0 radical (unpaired) electrons. The van der Waals surface area contributed by atoms with Crippen molar-refractivity contribution in [1.29, 1.82) is 0 Å². The molecule has 0 aliphatic carbocycles. The molecule has 0 bridgehead atoms. The minimum absolute atomic E-state index is 0.0708. The van der Waals surface area contributed by atoms with Crippen LogP contribution in [0.3, 0.4) is 0 Å². The number of nitrogens with one attached hydrogen (secondary N) is 2. The Hall–Kier alpha value is -2.86. The molecule has 3 aromatic rings. The zero-order valence-corrected chi connectivity index (χ0v) is 16.8. The molecule has 6 heteroatoms. The Morgan fingerprint density at radius 2 is 2.17 bits per heavy atom. The number of imidazole rings is 1. The third kappa shape index (κ3) is 5.15. The maximum atomic E-state index is 12.4. The van der Waals surface area contributed by atoms with Crippen LogP contribution in [0.1, 0.15) is 31.9 Å². The number of benzene rings is 1. The van der Waals surface area contributed by atoms with E-state index in [1.165, 1.54) is 12.8 Å². The van der Waals surface area contributed by atoms with Crippen molar-refractivity contribution >= 4 is 17.2 Å². The molecule has 0 saturated carbocycles. The van der Waals surface area contributed by atoms with Gasteiger partial charge in [0.2, 0.25) is 5.91 Å². The largest absolute Gasteiger partial charge is 0.487 e. The van der Waals surface area contributed by atoms with Gasteiger partial charge in [-0.2, -0.15) is 0 Å². The molecule has 0 spiro atoms. The SMILES string of the molecule is CC(CC(=O)Nc1ccc(OCc2cn3ccccc3n2)cc1)C1CCCNC1. The van der Waals surface area contributed by atoms with Gasteiger partial charge in [0.05, 0.1) is 5.69 Å². The van der Waals surface area contributed by atoms with Crippen molar-refractivity contribution in [3.05, 3.63) is 60.6 Å². The Morgan fingerprint density at radius 3 is 2.93 bits per heavy atom. The second kappa shape index (κ2) is 9.09. The molecule has 1 aromatic carbocycles. The number of carbonyl (C=O) groups is 1. The van der Waals surface area contributed by atoms with E-state index in [4.69, 9.17) is 4.74 Å². The smallest absolute Gasteiger partial charge is 0.224 e. The summed E-state index contributed by atoms with van der Waals surface area (Å²) in [4.78, 5) is 16.9. The van der Waals surface area contributed by atoms with Crippen molar-refractivity contribution in [2.75, 3.05) is 18.4 Å². The lowest BCUT2D eigenvalue weighted by molar-refractivity contribution is -0.117. The number of hydrogen-bond acceptors (Lipinski definition) is 4. The molecule has 3 heterocycles. The van der Waals surface area contributed by atoms with Gasteiger partial charge in [0.25, 0.3) is 0 Å². The van der Waals surface area contributed by atoms with Crippen LogP contribution in [-0.4, -0.2) is 28.4 Å². The van der Waals surface area contributed by atoms with Crippen molar-refractivity contribution in [3.63, 3.8) is 0 Å².